The molecule has 1 aromatic rings. The normalized spacial score (nSPS) is 26.2. The summed E-state index contributed by atoms with van der Waals surface area (Å²) in [5.41, 5.74) is 0.873. The predicted molar refractivity (Wildman–Crippen MR) is 76.2 cm³/mol. The highest BCUT2D eigenvalue weighted by Gasteiger charge is 2.47. The van der Waals surface area contributed by atoms with Crippen LogP contribution in [0.2, 0.25) is 0 Å². The van der Waals surface area contributed by atoms with E-state index in [0.29, 0.717) is 18.1 Å². The molecule has 4 rings (SSSR count). The van der Waals surface area contributed by atoms with Crippen molar-refractivity contribution in [3.05, 3.63) is 30.3 Å². The molecule has 2 amide bonds. The average Bonchev–Trinajstić information content (AvgIpc) is 2.39. The van der Waals surface area contributed by atoms with Gasteiger partial charge >= 0.3 is 6.03 Å². The molecule has 102 valence electrons. The summed E-state index contributed by atoms with van der Waals surface area (Å²) >= 11 is 0. The highest BCUT2D eigenvalue weighted by molar-refractivity contribution is 5.90. The highest BCUT2D eigenvalue weighted by Crippen LogP contribution is 2.33. The lowest BCUT2D eigenvalue weighted by Gasteiger charge is -2.57. The Morgan fingerprint density at radius 3 is 2.42 bits per heavy atom. The number of carbonyl (C=O) groups is 1. The monoisotopic (exact) mass is 259 g/mol. The van der Waals surface area contributed by atoms with E-state index in [0.717, 1.165) is 25.2 Å². The Hall–Kier alpha value is -1.55. The minimum Gasteiger partial charge on any atom is -0.316 e. The molecule has 19 heavy (non-hydrogen) atoms. The highest BCUT2D eigenvalue weighted by atomic mass is 16.2. The summed E-state index contributed by atoms with van der Waals surface area (Å²) in [7, 11) is 0. The minimum atomic E-state index is 0.0517. The van der Waals surface area contributed by atoms with E-state index in [4.69, 9.17) is 0 Å². The topological polar surface area (TPSA) is 35.6 Å². The number of hydrogen-bond acceptors (Lipinski definition) is 2. The Labute approximate surface area is 114 Å². The lowest BCUT2D eigenvalue weighted by atomic mass is 9.87. The van der Waals surface area contributed by atoms with Crippen LogP contribution < -0.4 is 5.32 Å². The zero-order chi connectivity index (χ0) is 13.4. The smallest absolute Gasteiger partial charge is 0.316 e. The maximum Gasteiger partial charge on any atom is 0.322 e. The van der Waals surface area contributed by atoms with Gasteiger partial charge in [0.05, 0.1) is 0 Å². The molecule has 0 aromatic heterocycles. The number of hydrogen-bond donors (Lipinski definition) is 1. The van der Waals surface area contributed by atoms with Crippen molar-refractivity contribution in [2.24, 2.45) is 0 Å². The van der Waals surface area contributed by atoms with Crippen molar-refractivity contribution in [3.63, 3.8) is 0 Å². The first-order chi connectivity index (χ1) is 9.15. The Balaban J connectivity index is 1.61. The number of nitrogens with one attached hydrogen (secondary N) is 1. The average molecular weight is 259 g/mol. The third-order valence-electron chi connectivity index (χ3n) is 4.21. The summed E-state index contributed by atoms with van der Waals surface area (Å²) in [6.45, 7) is 6.46. The van der Waals surface area contributed by atoms with Crippen LogP contribution in [0, 0.1) is 0 Å². The molecular weight excluding hydrogens is 238 g/mol. The molecule has 0 radical (unpaired) electrons. The second-order valence-corrected chi connectivity index (χ2v) is 5.79. The molecule has 4 nitrogen and oxygen atoms in total. The Morgan fingerprint density at radius 2 is 1.84 bits per heavy atom. The van der Waals surface area contributed by atoms with Gasteiger partial charge in [0.25, 0.3) is 0 Å². The second kappa shape index (κ2) is 4.85. The lowest BCUT2D eigenvalue weighted by molar-refractivity contribution is -0.0430. The van der Waals surface area contributed by atoms with Gasteiger partial charge in [-0.25, -0.2) is 4.79 Å². The van der Waals surface area contributed by atoms with Crippen molar-refractivity contribution in [1.29, 1.82) is 0 Å². The van der Waals surface area contributed by atoms with Crippen LogP contribution in [-0.2, 0) is 0 Å². The van der Waals surface area contributed by atoms with Gasteiger partial charge in [0.2, 0.25) is 0 Å². The van der Waals surface area contributed by atoms with E-state index in [2.05, 4.69) is 24.1 Å². The van der Waals surface area contributed by atoms with E-state index < -0.39 is 0 Å². The summed E-state index contributed by atoms with van der Waals surface area (Å²) in [5.74, 6) is 0. The molecule has 1 N–H and O–H groups in total. The van der Waals surface area contributed by atoms with Gasteiger partial charge < -0.3 is 10.2 Å². The molecule has 4 heteroatoms. The Kier molecular flexibility index (Phi) is 3.19. The van der Waals surface area contributed by atoms with Crippen molar-refractivity contribution in [2.45, 2.75) is 38.4 Å². The molecule has 3 heterocycles. The van der Waals surface area contributed by atoms with Crippen molar-refractivity contribution >= 4 is 11.7 Å². The van der Waals surface area contributed by atoms with Crippen molar-refractivity contribution in [1.82, 2.24) is 9.80 Å². The first-order valence-corrected chi connectivity index (χ1v) is 7.03. The van der Waals surface area contributed by atoms with E-state index in [9.17, 15) is 4.79 Å². The third kappa shape index (κ3) is 2.32. The van der Waals surface area contributed by atoms with Gasteiger partial charge in [-0.3, -0.25) is 4.90 Å². The van der Waals surface area contributed by atoms with Crippen LogP contribution in [0.3, 0.4) is 0 Å². The Bertz CT molecular complexity index is 448. The van der Waals surface area contributed by atoms with E-state index >= 15 is 0 Å². The molecule has 3 saturated heterocycles. The zero-order valence-electron chi connectivity index (χ0n) is 11.5. The van der Waals surface area contributed by atoms with Crippen LogP contribution in [0.1, 0.15) is 20.3 Å². The zero-order valence-corrected chi connectivity index (χ0v) is 11.5. The molecule has 2 atom stereocenters. The fourth-order valence-corrected chi connectivity index (χ4v) is 3.11. The summed E-state index contributed by atoms with van der Waals surface area (Å²) in [4.78, 5) is 16.8. The summed E-state index contributed by atoms with van der Waals surface area (Å²) in [5, 5.41) is 2.98. The van der Waals surface area contributed by atoms with Crippen LogP contribution in [0.5, 0.6) is 0 Å². The molecule has 1 aromatic carbocycles. The maximum atomic E-state index is 12.3. The molecule has 3 fully saturated rings. The lowest BCUT2D eigenvalue weighted by Crippen LogP contribution is -2.71. The van der Waals surface area contributed by atoms with Crippen LogP contribution in [-0.4, -0.2) is 47.0 Å². The van der Waals surface area contributed by atoms with Crippen LogP contribution in [0.15, 0.2) is 30.3 Å². The number of fused-ring (bicyclic) bond motifs is 2. The van der Waals surface area contributed by atoms with Gasteiger partial charge in [-0.05, 0) is 32.4 Å². The first-order valence-electron chi connectivity index (χ1n) is 7.03. The van der Waals surface area contributed by atoms with Gasteiger partial charge in [0, 0.05) is 36.9 Å². The summed E-state index contributed by atoms with van der Waals surface area (Å²) < 4.78 is 0. The molecule has 0 saturated carbocycles. The van der Waals surface area contributed by atoms with Gasteiger partial charge in [0.1, 0.15) is 0 Å². The van der Waals surface area contributed by atoms with Gasteiger partial charge in [-0.1, -0.05) is 18.2 Å². The number of rotatable bonds is 2. The maximum absolute atomic E-state index is 12.3. The van der Waals surface area contributed by atoms with Gasteiger partial charge in [0.15, 0.2) is 0 Å². The molecule has 2 bridgehead atoms. The van der Waals surface area contributed by atoms with E-state index in [1.807, 2.05) is 35.2 Å². The van der Waals surface area contributed by atoms with Crippen LogP contribution in [0.25, 0.3) is 0 Å². The minimum absolute atomic E-state index is 0.0517. The van der Waals surface area contributed by atoms with Crippen molar-refractivity contribution < 1.29 is 4.79 Å². The van der Waals surface area contributed by atoms with Crippen molar-refractivity contribution in [3.8, 4) is 0 Å². The largest absolute Gasteiger partial charge is 0.322 e. The van der Waals surface area contributed by atoms with E-state index in [1.54, 1.807) is 0 Å². The third-order valence-corrected chi connectivity index (χ3v) is 4.21. The molecular formula is C15H21N3O. The number of nitrogens with zero attached hydrogens (tertiary/aromatic N) is 2. The summed E-state index contributed by atoms with van der Waals surface area (Å²) in [6, 6.07) is 11.1. The first kappa shape index (κ1) is 12.5. The number of anilines is 1. The standard InChI is InChI=1S/C15H21N3O/c1-11(2)17-9-13-8-14(10-17)18(13)15(19)16-12-6-4-3-5-7-12/h3-7,11,13-14H,8-10H2,1-2H3,(H,16,19). The number of amides is 2. The molecule has 0 aliphatic carbocycles. The fraction of sp³-hybridized carbons (Fsp3) is 0.533. The predicted octanol–water partition coefficient (Wildman–Crippen LogP) is 2.39. The molecule has 2 unspecified atom stereocenters. The van der Waals surface area contributed by atoms with Crippen molar-refractivity contribution in [2.75, 3.05) is 18.4 Å². The SMILES string of the molecule is CC(C)N1CC2CC(C1)N2C(=O)Nc1ccccc1. The molecule has 0 spiro atoms. The number of para-hydroxylation sites is 1. The van der Waals surface area contributed by atoms with Gasteiger partial charge in [-0.15, -0.1) is 0 Å². The number of piperidine rings is 1. The number of benzene rings is 1. The quantitative estimate of drug-likeness (QED) is 0.885. The summed E-state index contributed by atoms with van der Waals surface area (Å²) in [6.07, 6.45) is 1.16. The van der Waals surface area contributed by atoms with Crippen LogP contribution >= 0.6 is 0 Å². The van der Waals surface area contributed by atoms with Gasteiger partial charge in [-0.2, -0.15) is 0 Å². The Morgan fingerprint density at radius 1 is 1.21 bits per heavy atom. The van der Waals surface area contributed by atoms with E-state index in [1.165, 1.54) is 0 Å². The van der Waals surface area contributed by atoms with E-state index in [-0.39, 0.29) is 6.03 Å². The van der Waals surface area contributed by atoms with Crippen LogP contribution in [0.4, 0.5) is 10.5 Å². The number of urea groups is 1. The second-order valence-electron chi connectivity index (χ2n) is 5.79. The molecule has 3 aliphatic rings. The number of piperazine rings is 1. The fourth-order valence-electron chi connectivity index (χ4n) is 3.11. The molecule has 3 aliphatic heterocycles. The number of carbonyl (C=O) groups excluding carboxylic acids is 1.